The number of rotatable bonds is 9. The Labute approximate surface area is 174 Å². The van der Waals surface area contributed by atoms with E-state index in [1.165, 1.54) is 25.2 Å². The third kappa shape index (κ3) is 6.78. The van der Waals surface area contributed by atoms with E-state index in [4.69, 9.17) is 14.2 Å². The fourth-order valence-corrected chi connectivity index (χ4v) is 4.08. The summed E-state index contributed by atoms with van der Waals surface area (Å²) in [4.78, 5) is 19.7. The molecule has 2 aromatic heterocycles. The van der Waals surface area contributed by atoms with E-state index in [2.05, 4.69) is 15.3 Å². The van der Waals surface area contributed by atoms with Crippen LogP contribution in [0.2, 0.25) is 0 Å². The van der Waals surface area contributed by atoms with Crippen molar-refractivity contribution in [3.63, 3.8) is 0 Å². The van der Waals surface area contributed by atoms with Crippen LogP contribution >= 0.6 is 11.3 Å². The van der Waals surface area contributed by atoms with Crippen LogP contribution in [0.4, 0.5) is 4.39 Å². The lowest BCUT2D eigenvalue weighted by molar-refractivity contribution is -0.120. The van der Waals surface area contributed by atoms with Crippen LogP contribution in [0.5, 0.6) is 11.1 Å². The van der Waals surface area contributed by atoms with E-state index >= 15 is 0 Å². The zero-order valence-corrected chi connectivity index (χ0v) is 17.8. The minimum Gasteiger partial charge on any atom is -0.474 e. The minimum absolute atomic E-state index is 0.00842. The number of fused-ring (bicyclic) bond motifs is 1. The lowest BCUT2D eigenvalue weighted by atomic mass is 9.95. The monoisotopic (exact) mass is 425 g/mol. The number of aromatic nitrogens is 2. The molecule has 0 saturated heterocycles. The van der Waals surface area contributed by atoms with E-state index in [1.807, 2.05) is 13.0 Å². The molecule has 0 unspecified atom stereocenters. The topological polar surface area (TPSA) is 82.6 Å². The molecule has 1 fully saturated rings. The summed E-state index contributed by atoms with van der Waals surface area (Å²) in [6, 6.07) is 1.87. The third-order valence-electron chi connectivity index (χ3n) is 4.61. The van der Waals surface area contributed by atoms with Crippen LogP contribution in [-0.4, -0.2) is 53.5 Å². The summed E-state index contributed by atoms with van der Waals surface area (Å²) < 4.78 is 31.1. The van der Waals surface area contributed by atoms with Gasteiger partial charge in [-0.25, -0.2) is 14.4 Å². The average molecular weight is 426 g/mol. The summed E-state index contributed by atoms with van der Waals surface area (Å²) in [5.41, 5.74) is 0.717. The molecule has 1 aliphatic rings. The van der Waals surface area contributed by atoms with Crippen LogP contribution in [-0.2, 0) is 9.53 Å². The highest BCUT2D eigenvalue weighted by Gasteiger charge is 2.24. The predicted octanol–water partition coefficient (Wildman–Crippen LogP) is 3.66. The standard InChI is InChI=1S/C20H28FN3O4S/c1-12(21)10-27-20-24-17-9-22-19(8-18(17)29-20)28-16-6-4-15(5-7-16)26-11-13(2)23-14(3)25/h8-9,12-13,15-16H,4-7,10-11H2,1-3H3,(H,23,25)/t12-,13+,15?,16?/m1/s1. The first-order valence-corrected chi connectivity index (χ1v) is 10.8. The van der Waals surface area contributed by atoms with Crippen molar-refractivity contribution >= 4 is 27.5 Å². The quantitative estimate of drug-likeness (QED) is 0.660. The number of hydrogen-bond donors (Lipinski definition) is 1. The number of thiazole rings is 1. The number of alkyl halides is 1. The Kier molecular flexibility index (Phi) is 7.60. The lowest BCUT2D eigenvalue weighted by Gasteiger charge is -2.29. The summed E-state index contributed by atoms with van der Waals surface area (Å²) in [5.74, 6) is 0.523. The van der Waals surface area contributed by atoms with Gasteiger partial charge in [0, 0.05) is 19.0 Å². The average Bonchev–Trinajstić information content (AvgIpc) is 3.07. The number of hydrogen-bond acceptors (Lipinski definition) is 7. The molecule has 1 saturated carbocycles. The second-order valence-electron chi connectivity index (χ2n) is 7.51. The van der Waals surface area contributed by atoms with Gasteiger partial charge in [-0.2, -0.15) is 0 Å². The van der Waals surface area contributed by atoms with Crippen LogP contribution < -0.4 is 14.8 Å². The van der Waals surface area contributed by atoms with E-state index in [9.17, 15) is 9.18 Å². The van der Waals surface area contributed by atoms with Crippen molar-refractivity contribution in [1.82, 2.24) is 15.3 Å². The predicted molar refractivity (Wildman–Crippen MR) is 109 cm³/mol. The molecular formula is C20H28FN3O4S. The third-order valence-corrected chi connectivity index (χ3v) is 5.54. The van der Waals surface area contributed by atoms with Crippen molar-refractivity contribution < 1.29 is 23.4 Å². The maximum absolute atomic E-state index is 12.9. The van der Waals surface area contributed by atoms with E-state index < -0.39 is 6.17 Å². The molecule has 0 radical (unpaired) electrons. The Morgan fingerprint density at radius 1 is 1.28 bits per heavy atom. The molecular weight excluding hydrogens is 397 g/mol. The van der Waals surface area contributed by atoms with Crippen LogP contribution in [0.3, 0.4) is 0 Å². The highest BCUT2D eigenvalue weighted by molar-refractivity contribution is 7.20. The van der Waals surface area contributed by atoms with Gasteiger partial charge < -0.3 is 19.5 Å². The lowest BCUT2D eigenvalue weighted by Crippen LogP contribution is -2.36. The maximum Gasteiger partial charge on any atom is 0.274 e. The number of carbonyl (C=O) groups excluding carboxylic acids is 1. The maximum atomic E-state index is 12.9. The van der Waals surface area contributed by atoms with Crippen molar-refractivity contribution in [3.8, 4) is 11.1 Å². The van der Waals surface area contributed by atoms with Crippen LogP contribution in [0.25, 0.3) is 10.2 Å². The van der Waals surface area contributed by atoms with Gasteiger partial charge in [0.1, 0.15) is 24.4 Å². The summed E-state index contributed by atoms with van der Waals surface area (Å²) in [6.07, 6.45) is 4.54. The normalized spacial score (nSPS) is 21.5. The number of amides is 1. The summed E-state index contributed by atoms with van der Waals surface area (Å²) in [7, 11) is 0. The van der Waals surface area contributed by atoms with Gasteiger partial charge in [0.25, 0.3) is 5.19 Å². The second kappa shape index (κ2) is 10.2. The van der Waals surface area contributed by atoms with Gasteiger partial charge in [-0.1, -0.05) is 11.3 Å². The van der Waals surface area contributed by atoms with E-state index in [-0.39, 0.29) is 30.8 Å². The molecule has 0 spiro atoms. The summed E-state index contributed by atoms with van der Waals surface area (Å²) in [5, 5.41) is 3.26. The Hall–Kier alpha value is -2.00. The molecule has 29 heavy (non-hydrogen) atoms. The number of nitrogens with one attached hydrogen (secondary N) is 1. The van der Waals surface area contributed by atoms with Gasteiger partial charge in [-0.3, -0.25) is 4.79 Å². The van der Waals surface area contributed by atoms with Crippen molar-refractivity contribution in [2.45, 2.75) is 70.9 Å². The van der Waals surface area contributed by atoms with Gasteiger partial charge in [0.05, 0.1) is 23.6 Å². The number of carbonyl (C=O) groups is 1. The Morgan fingerprint density at radius 2 is 2.00 bits per heavy atom. The Balaban J connectivity index is 1.46. The molecule has 1 amide bonds. The minimum atomic E-state index is -1.04. The van der Waals surface area contributed by atoms with E-state index in [0.29, 0.717) is 23.2 Å². The highest BCUT2D eigenvalue weighted by Crippen LogP contribution is 2.31. The highest BCUT2D eigenvalue weighted by atomic mass is 32.1. The molecule has 0 bridgehead atoms. The number of halogens is 1. The zero-order chi connectivity index (χ0) is 20.8. The molecule has 9 heteroatoms. The first-order chi connectivity index (χ1) is 13.9. The Bertz CT molecular complexity index is 808. The van der Waals surface area contributed by atoms with Crippen molar-refractivity contribution in [1.29, 1.82) is 0 Å². The fourth-order valence-electron chi connectivity index (χ4n) is 3.26. The molecule has 3 rings (SSSR count). The van der Waals surface area contributed by atoms with Gasteiger partial charge in [0.15, 0.2) is 0 Å². The van der Waals surface area contributed by atoms with Crippen LogP contribution in [0.1, 0.15) is 46.5 Å². The van der Waals surface area contributed by atoms with Gasteiger partial charge in [0.2, 0.25) is 11.8 Å². The molecule has 7 nitrogen and oxygen atoms in total. The van der Waals surface area contributed by atoms with Gasteiger partial charge >= 0.3 is 0 Å². The van der Waals surface area contributed by atoms with Crippen molar-refractivity contribution in [2.75, 3.05) is 13.2 Å². The SMILES string of the molecule is CC(=O)N[C@@H](C)COC1CCC(Oc2cc3sc(OC[C@@H](C)F)nc3cn2)CC1. The molecule has 2 heterocycles. The van der Waals surface area contributed by atoms with Crippen molar-refractivity contribution in [3.05, 3.63) is 12.3 Å². The molecule has 2 atom stereocenters. The smallest absolute Gasteiger partial charge is 0.274 e. The van der Waals surface area contributed by atoms with E-state index in [1.54, 1.807) is 6.20 Å². The molecule has 160 valence electrons. The number of ether oxygens (including phenoxy) is 3. The summed E-state index contributed by atoms with van der Waals surface area (Å²) in [6.45, 7) is 5.40. The van der Waals surface area contributed by atoms with Crippen molar-refractivity contribution in [2.24, 2.45) is 0 Å². The molecule has 2 aromatic rings. The van der Waals surface area contributed by atoms with Crippen LogP contribution in [0, 0.1) is 0 Å². The fraction of sp³-hybridized carbons (Fsp3) is 0.650. The van der Waals surface area contributed by atoms with Gasteiger partial charge in [-0.05, 0) is 39.5 Å². The molecule has 0 aromatic carbocycles. The first-order valence-electron chi connectivity index (χ1n) is 9.98. The van der Waals surface area contributed by atoms with E-state index in [0.717, 1.165) is 30.4 Å². The summed E-state index contributed by atoms with van der Waals surface area (Å²) >= 11 is 1.36. The Morgan fingerprint density at radius 3 is 2.69 bits per heavy atom. The molecule has 0 aliphatic heterocycles. The largest absolute Gasteiger partial charge is 0.474 e. The number of pyridine rings is 1. The van der Waals surface area contributed by atoms with Gasteiger partial charge in [-0.15, -0.1) is 0 Å². The van der Waals surface area contributed by atoms with Crippen LogP contribution in [0.15, 0.2) is 12.3 Å². The molecule has 1 N–H and O–H groups in total. The first kappa shape index (κ1) is 21.7. The number of nitrogens with zero attached hydrogens (tertiary/aromatic N) is 2. The zero-order valence-electron chi connectivity index (χ0n) is 17.0. The second-order valence-corrected chi connectivity index (χ2v) is 8.51. The molecule has 1 aliphatic carbocycles.